The van der Waals surface area contributed by atoms with Gasteiger partial charge in [-0.05, 0) is 23.6 Å². The summed E-state index contributed by atoms with van der Waals surface area (Å²) in [4.78, 5) is 26.7. The van der Waals surface area contributed by atoms with Gasteiger partial charge in [0, 0.05) is 31.6 Å². The molecule has 2 heterocycles. The zero-order valence-corrected chi connectivity index (χ0v) is 19.7. The van der Waals surface area contributed by atoms with Gasteiger partial charge < -0.3 is 15.2 Å². The van der Waals surface area contributed by atoms with Crippen molar-refractivity contribution in [1.29, 1.82) is 0 Å². The minimum Gasteiger partial charge on any atom is -0.368 e. The first-order chi connectivity index (χ1) is 17.9. The van der Waals surface area contributed by atoms with Crippen molar-refractivity contribution in [3.8, 4) is 0 Å². The lowest BCUT2D eigenvalue weighted by molar-refractivity contribution is -0.148. The highest BCUT2D eigenvalue weighted by molar-refractivity contribution is 5.82. The Hall–Kier alpha value is -3.94. The summed E-state index contributed by atoms with van der Waals surface area (Å²) in [5.41, 5.74) is 5.76. The average Bonchev–Trinajstić information content (AvgIpc) is 3.30. The molecule has 1 aromatic heterocycles. The molecule has 0 spiro atoms. The molecule has 14 heteroatoms. The Bertz CT molecular complexity index is 1330. The molecule has 202 valence electrons. The van der Waals surface area contributed by atoms with Crippen LogP contribution in [0.1, 0.15) is 35.2 Å². The number of nitrogens with two attached hydrogens (primary N) is 1. The lowest BCUT2D eigenvalue weighted by Crippen LogP contribution is -2.46. The number of fused-ring (bicyclic) bond motifs is 1. The van der Waals surface area contributed by atoms with Crippen LogP contribution in [-0.4, -0.2) is 44.1 Å². The topological polar surface area (TPSA) is 106 Å². The number of benzene rings is 2. The standard InChI is InChI=1S/C24H22F6N6O2/c25-16-11-18(27)17(26)9-14(16)8-15(32-21(22(31)38)13-4-2-1-3-5-13)10-20(37)35-6-7-36-19(12-35)33-34-23(36)24(28,29)30/h1-5,9,11,15,21,32H,6-8,10,12H2,(H2,31,38)/t15-,21?/m1/s1. The molecule has 0 saturated carbocycles. The van der Waals surface area contributed by atoms with Gasteiger partial charge in [0.15, 0.2) is 17.5 Å². The maximum Gasteiger partial charge on any atom is 0.451 e. The lowest BCUT2D eigenvalue weighted by atomic mass is 9.98. The number of carbonyl (C=O) groups is 2. The average molecular weight is 540 g/mol. The summed E-state index contributed by atoms with van der Waals surface area (Å²) in [5.74, 6) is -6.31. The predicted octanol–water partition coefficient (Wildman–Crippen LogP) is 2.87. The number of aromatic nitrogens is 3. The fraction of sp³-hybridized carbons (Fsp3) is 0.333. The molecule has 2 aromatic carbocycles. The van der Waals surface area contributed by atoms with Crippen molar-refractivity contribution >= 4 is 11.8 Å². The number of nitrogens with one attached hydrogen (secondary N) is 1. The van der Waals surface area contributed by atoms with Gasteiger partial charge in [-0.1, -0.05) is 30.3 Å². The number of halogens is 6. The van der Waals surface area contributed by atoms with Crippen LogP contribution in [-0.2, 0) is 35.3 Å². The molecule has 38 heavy (non-hydrogen) atoms. The highest BCUT2D eigenvalue weighted by Crippen LogP contribution is 2.29. The summed E-state index contributed by atoms with van der Waals surface area (Å²) in [6.07, 6.45) is -5.40. The molecule has 4 rings (SSSR count). The molecular formula is C24H22F6N6O2. The number of carbonyl (C=O) groups excluding carboxylic acids is 2. The van der Waals surface area contributed by atoms with Crippen LogP contribution in [0.3, 0.4) is 0 Å². The number of nitrogens with zero attached hydrogens (tertiary/aromatic N) is 4. The van der Waals surface area contributed by atoms with Gasteiger partial charge in [0.05, 0.1) is 6.54 Å². The molecule has 1 aliphatic rings. The number of alkyl halides is 3. The monoisotopic (exact) mass is 540 g/mol. The van der Waals surface area contributed by atoms with E-state index in [2.05, 4.69) is 15.5 Å². The minimum absolute atomic E-state index is 0.0626. The Morgan fingerprint density at radius 1 is 1.00 bits per heavy atom. The summed E-state index contributed by atoms with van der Waals surface area (Å²) in [5, 5.41) is 9.62. The van der Waals surface area contributed by atoms with E-state index < -0.39 is 53.4 Å². The van der Waals surface area contributed by atoms with Crippen LogP contribution in [0.4, 0.5) is 26.3 Å². The van der Waals surface area contributed by atoms with Crippen molar-refractivity contribution in [2.45, 2.75) is 44.2 Å². The summed E-state index contributed by atoms with van der Waals surface area (Å²) in [6, 6.07) is 7.16. The van der Waals surface area contributed by atoms with E-state index in [-0.39, 0.29) is 43.9 Å². The third-order valence-electron chi connectivity index (χ3n) is 6.16. The van der Waals surface area contributed by atoms with Gasteiger partial charge in [0.2, 0.25) is 17.6 Å². The second-order valence-electron chi connectivity index (χ2n) is 8.78. The van der Waals surface area contributed by atoms with Crippen molar-refractivity contribution in [1.82, 2.24) is 25.0 Å². The summed E-state index contributed by atoms with van der Waals surface area (Å²) in [7, 11) is 0. The molecule has 8 nitrogen and oxygen atoms in total. The van der Waals surface area contributed by atoms with Gasteiger partial charge in [-0.15, -0.1) is 10.2 Å². The van der Waals surface area contributed by atoms with Gasteiger partial charge in [-0.3, -0.25) is 14.9 Å². The molecular weight excluding hydrogens is 518 g/mol. The van der Waals surface area contributed by atoms with Crippen molar-refractivity contribution in [3.63, 3.8) is 0 Å². The number of rotatable bonds is 8. The van der Waals surface area contributed by atoms with E-state index in [1.165, 1.54) is 4.90 Å². The zero-order chi connectivity index (χ0) is 27.6. The molecule has 2 amide bonds. The van der Waals surface area contributed by atoms with Crippen LogP contribution in [0.2, 0.25) is 0 Å². The summed E-state index contributed by atoms with van der Waals surface area (Å²) < 4.78 is 82.0. The van der Waals surface area contributed by atoms with Gasteiger partial charge in [-0.25, -0.2) is 13.2 Å². The zero-order valence-electron chi connectivity index (χ0n) is 19.7. The number of hydrogen-bond donors (Lipinski definition) is 2. The van der Waals surface area contributed by atoms with E-state index in [1.54, 1.807) is 30.3 Å². The SMILES string of the molecule is NC(=O)C(N[C@@H](CC(=O)N1CCn2c(nnc2C(F)(F)F)C1)Cc1cc(F)c(F)cc1F)c1ccccc1. The van der Waals surface area contributed by atoms with E-state index in [1.807, 2.05) is 0 Å². The van der Waals surface area contributed by atoms with E-state index >= 15 is 0 Å². The van der Waals surface area contributed by atoms with Crippen molar-refractivity contribution < 1.29 is 35.9 Å². The molecule has 0 saturated heterocycles. The van der Waals surface area contributed by atoms with E-state index in [9.17, 15) is 35.9 Å². The lowest BCUT2D eigenvalue weighted by Gasteiger charge is -2.31. The Morgan fingerprint density at radius 3 is 2.34 bits per heavy atom. The molecule has 1 unspecified atom stereocenters. The highest BCUT2D eigenvalue weighted by atomic mass is 19.4. The molecule has 0 bridgehead atoms. The van der Waals surface area contributed by atoms with Gasteiger partial charge >= 0.3 is 6.18 Å². The fourth-order valence-corrected chi connectivity index (χ4v) is 4.32. The Balaban J connectivity index is 1.57. The van der Waals surface area contributed by atoms with Gasteiger partial charge in [0.25, 0.3) is 0 Å². The smallest absolute Gasteiger partial charge is 0.368 e. The maximum atomic E-state index is 14.4. The molecule has 0 radical (unpaired) electrons. The molecule has 0 fully saturated rings. The highest BCUT2D eigenvalue weighted by Gasteiger charge is 2.40. The van der Waals surface area contributed by atoms with Gasteiger partial charge in [0.1, 0.15) is 11.9 Å². The quantitative estimate of drug-likeness (QED) is 0.338. The van der Waals surface area contributed by atoms with Gasteiger partial charge in [-0.2, -0.15) is 13.2 Å². The first kappa shape index (κ1) is 27.1. The largest absolute Gasteiger partial charge is 0.451 e. The van der Waals surface area contributed by atoms with E-state index in [4.69, 9.17) is 5.73 Å². The number of primary amides is 1. The van der Waals surface area contributed by atoms with E-state index in [0.717, 1.165) is 4.57 Å². The van der Waals surface area contributed by atoms with Crippen LogP contribution in [0.5, 0.6) is 0 Å². The second kappa shape index (κ2) is 10.8. The van der Waals surface area contributed by atoms with Crippen LogP contribution in [0, 0.1) is 17.5 Å². The summed E-state index contributed by atoms with van der Waals surface area (Å²) in [6.45, 7) is -0.546. The van der Waals surface area contributed by atoms with Crippen LogP contribution in [0.25, 0.3) is 0 Å². The normalized spacial score (nSPS) is 15.2. The molecule has 0 aliphatic carbocycles. The minimum atomic E-state index is -4.71. The van der Waals surface area contributed by atoms with Crippen LogP contribution in [0.15, 0.2) is 42.5 Å². The predicted molar refractivity (Wildman–Crippen MR) is 120 cm³/mol. The van der Waals surface area contributed by atoms with E-state index in [0.29, 0.717) is 17.7 Å². The Labute approximate surface area is 212 Å². The first-order valence-corrected chi connectivity index (χ1v) is 11.4. The Morgan fingerprint density at radius 2 is 1.68 bits per heavy atom. The second-order valence-corrected chi connectivity index (χ2v) is 8.78. The number of hydrogen-bond acceptors (Lipinski definition) is 5. The number of amides is 2. The third-order valence-corrected chi connectivity index (χ3v) is 6.16. The van der Waals surface area contributed by atoms with Crippen molar-refractivity contribution in [2.24, 2.45) is 5.73 Å². The maximum absolute atomic E-state index is 14.4. The Kier molecular flexibility index (Phi) is 7.71. The summed E-state index contributed by atoms with van der Waals surface area (Å²) >= 11 is 0. The molecule has 3 N–H and O–H groups in total. The van der Waals surface area contributed by atoms with Crippen molar-refractivity contribution in [3.05, 3.63) is 82.7 Å². The van der Waals surface area contributed by atoms with Crippen molar-refractivity contribution in [2.75, 3.05) is 6.54 Å². The molecule has 2 atom stereocenters. The van der Waals surface area contributed by atoms with Crippen LogP contribution < -0.4 is 11.1 Å². The third kappa shape index (κ3) is 5.96. The molecule has 3 aromatic rings. The molecule has 1 aliphatic heterocycles. The van der Waals surface area contributed by atoms with Crippen LogP contribution >= 0.6 is 0 Å². The fourth-order valence-electron chi connectivity index (χ4n) is 4.32. The first-order valence-electron chi connectivity index (χ1n) is 11.4.